The molecule has 1 aromatic carbocycles. The number of aromatic amines is 1. The monoisotopic (exact) mass is 324 g/mol. The van der Waals surface area contributed by atoms with E-state index in [2.05, 4.69) is 4.98 Å². The lowest BCUT2D eigenvalue weighted by molar-refractivity contribution is 0.218. The van der Waals surface area contributed by atoms with Gasteiger partial charge in [-0.3, -0.25) is 9.69 Å². The number of aliphatic hydroxyl groups excluding tert-OH is 1. The Kier molecular flexibility index (Phi) is 5.59. The Morgan fingerprint density at radius 1 is 1.32 bits per heavy atom. The quantitative estimate of drug-likeness (QED) is 0.808. The third kappa shape index (κ3) is 3.68. The number of hydrogen-bond donors (Lipinski definition) is 2. The Bertz CT molecular complexity index is 680. The molecule has 6 nitrogen and oxygen atoms in total. The van der Waals surface area contributed by atoms with Crippen LogP contribution >= 0.6 is 11.3 Å². The number of aromatic nitrogens is 1. The third-order valence-electron chi connectivity index (χ3n) is 3.29. The average Bonchev–Trinajstić information content (AvgIpc) is 2.87. The van der Waals surface area contributed by atoms with E-state index >= 15 is 0 Å². The molecule has 1 aromatic heterocycles. The standard InChI is InChI=1S/C15H20N2O4S/c1-17(6-7-18)9-13-14(16-15(19)22-13)11-8-10(20-2)4-5-12(11)21-3/h4-5,8,18H,6-7,9H2,1-3H3,(H,16,19). The smallest absolute Gasteiger partial charge is 0.305 e. The molecule has 120 valence electrons. The lowest BCUT2D eigenvalue weighted by atomic mass is 10.1. The summed E-state index contributed by atoms with van der Waals surface area (Å²) >= 11 is 1.17. The average molecular weight is 324 g/mol. The molecule has 0 unspecified atom stereocenters. The van der Waals surface area contributed by atoms with Gasteiger partial charge in [0.05, 0.1) is 26.5 Å². The number of H-pyrrole nitrogens is 1. The van der Waals surface area contributed by atoms with Crippen LogP contribution in [0.5, 0.6) is 11.5 Å². The van der Waals surface area contributed by atoms with E-state index in [-0.39, 0.29) is 11.5 Å². The van der Waals surface area contributed by atoms with Crippen LogP contribution in [0.25, 0.3) is 11.3 Å². The number of hydrogen-bond acceptors (Lipinski definition) is 6. The molecule has 22 heavy (non-hydrogen) atoms. The van der Waals surface area contributed by atoms with Crippen molar-refractivity contribution in [1.29, 1.82) is 0 Å². The van der Waals surface area contributed by atoms with Gasteiger partial charge in [-0.2, -0.15) is 0 Å². The third-order valence-corrected chi connectivity index (χ3v) is 4.16. The summed E-state index contributed by atoms with van der Waals surface area (Å²) in [6.45, 7) is 1.19. The maximum absolute atomic E-state index is 11.8. The van der Waals surface area contributed by atoms with Gasteiger partial charge in [0.1, 0.15) is 11.5 Å². The van der Waals surface area contributed by atoms with Crippen LogP contribution in [0.2, 0.25) is 0 Å². The van der Waals surface area contributed by atoms with Crippen LogP contribution in [0.3, 0.4) is 0 Å². The minimum Gasteiger partial charge on any atom is -0.497 e. The van der Waals surface area contributed by atoms with Crippen LogP contribution in [0.15, 0.2) is 23.0 Å². The first-order chi connectivity index (χ1) is 10.6. The van der Waals surface area contributed by atoms with Crippen molar-refractivity contribution < 1.29 is 14.6 Å². The predicted octanol–water partition coefficient (Wildman–Crippen LogP) is 1.54. The second kappa shape index (κ2) is 7.44. The highest BCUT2D eigenvalue weighted by molar-refractivity contribution is 7.09. The number of methoxy groups -OCH3 is 2. The van der Waals surface area contributed by atoms with Gasteiger partial charge < -0.3 is 19.6 Å². The number of likely N-dealkylation sites (N-methyl/N-ethyl adjacent to an activating group) is 1. The van der Waals surface area contributed by atoms with E-state index in [0.717, 1.165) is 16.1 Å². The number of nitrogens with zero attached hydrogens (tertiary/aromatic N) is 1. The van der Waals surface area contributed by atoms with E-state index in [1.807, 2.05) is 30.1 Å². The molecular formula is C15H20N2O4S. The van der Waals surface area contributed by atoms with Crippen LogP contribution in [0.1, 0.15) is 4.88 Å². The van der Waals surface area contributed by atoms with Gasteiger partial charge >= 0.3 is 4.87 Å². The van der Waals surface area contributed by atoms with Gasteiger partial charge in [-0.15, -0.1) is 0 Å². The zero-order chi connectivity index (χ0) is 16.1. The molecule has 2 aromatic rings. The van der Waals surface area contributed by atoms with E-state index in [1.54, 1.807) is 14.2 Å². The number of aliphatic hydroxyl groups is 1. The molecule has 0 fully saturated rings. The summed E-state index contributed by atoms with van der Waals surface area (Å²) < 4.78 is 10.6. The molecule has 0 aliphatic carbocycles. The first kappa shape index (κ1) is 16.5. The minimum absolute atomic E-state index is 0.0770. The number of nitrogens with one attached hydrogen (secondary N) is 1. The number of benzene rings is 1. The Morgan fingerprint density at radius 2 is 2.09 bits per heavy atom. The van der Waals surface area contributed by atoms with Crippen LogP contribution in [-0.2, 0) is 6.54 Å². The van der Waals surface area contributed by atoms with Gasteiger partial charge in [0.2, 0.25) is 0 Å². The maximum atomic E-state index is 11.8. The fraction of sp³-hybridized carbons (Fsp3) is 0.400. The highest BCUT2D eigenvalue weighted by atomic mass is 32.1. The van der Waals surface area contributed by atoms with E-state index < -0.39 is 0 Å². The van der Waals surface area contributed by atoms with Gasteiger partial charge in [0, 0.05) is 23.5 Å². The lowest BCUT2D eigenvalue weighted by Gasteiger charge is -2.16. The zero-order valence-corrected chi connectivity index (χ0v) is 13.7. The molecule has 7 heteroatoms. The van der Waals surface area contributed by atoms with Crippen LogP contribution in [0.4, 0.5) is 0 Å². The molecule has 1 heterocycles. The van der Waals surface area contributed by atoms with Crippen molar-refractivity contribution in [2.45, 2.75) is 6.54 Å². The van der Waals surface area contributed by atoms with Crippen molar-refractivity contribution in [2.75, 3.05) is 34.4 Å². The van der Waals surface area contributed by atoms with E-state index in [4.69, 9.17) is 14.6 Å². The van der Waals surface area contributed by atoms with Crippen molar-refractivity contribution in [2.24, 2.45) is 0 Å². The SMILES string of the molecule is COc1ccc(OC)c(-c2[nH]c(=O)sc2CN(C)CCO)c1. The van der Waals surface area contributed by atoms with Gasteiger partial charge in [0.15, 0.2) is 0 Å². The number of ether oxygens (including phenoxy) is 2. The molecule has 0 saturated heterocycles. The molecule has 0 amide bonds. The van der Waals surface area contributed by atoms with Gasteiger partial charge in [0.25, 0.3) is 0 Å². The normalized spacial score (nSPS) is 11.0. The fourth-order valence-electron chi connectivity index (χ4n) is 2.19. The van der Waals surface area contributed by atoms with Crippen molar-refractivity contribution in [3.8, 4) is 22.8 Å². The minimum atomic E-state index is -0.118. The predicted molar refractivity (Wildman–Crippen MR) is 86.9 cm³/mol. The molecule has 0 saturated carbocycles. The van der Waals surface area contributed by atoms with Crippen LogP contribution in [0, 0.1) is 0 Å². The van der Waals surface area contributed by atoms with Gasteiger partial charge in [-0.25, -0.2) is 0 Å². The molecule has 0 spiro atoms. The van der Waals surface area contributed by atoms with Crippen LogP contribution < -0.4 is 14.3 Å². The summed E-state index contributed by atoms with van der Waals surface area (Å²) in [5.41, 5.74) is 1.52. The molecule has 0 bridgehead atoms. The molecule has 0 aliphatic rings. The fourth-order valence-corrected chi connectivity index (χ4v) is 3.12. The maximum Gasteiger partial charge on any atom is 0.305 e. The Labute approximate surface area is 132 Å². The summed E-state index contributed by atoms with van der Waals surface area (Å²) in [7, 11) is 5.08. The molecule has 2 N–H and O–H groups in total. The molecule has 0 radical (unpaired) electrons. The zero-order valence-electron chi connectivity index (χ0n) is 12.9. The number of thiazole rings is 1. The first-order valence-corrected chi connectivity index (χ1v) is 7.64. The second-order valence-corrected chi connectivity index (χ2v) is 5.91. The lowest BCUT2D eigenvalue weighted by Crippen LogP contribution is -2.21. The summed E-state index contributed by atoms with van der Waals surface area (Å²) in [6.07, 6.45) is 0. The summed E-state index contributed by atoms with van der Waals surface area (Å²) in [5.74, 6) is 1.36. The van der Waals surface area contributed by atoms with E-state index in [1.165, 1.54) is 11.3 Å². The van der Waals surface area contributed by atoms with Crippen molar-refractivity contribution in [3.05, 3.63) is 32.7 Å². The summed E-state index contributed by atoms with van der Waals surface area (Å²) in [5, 5.41) is 9.01. The topological polar surface area (TPSA) is 74.8 Å². The molecule has 2 rings (SSSR count). The first-order valence-electron chi connectivity index (χ1n) is 6.82. The Hall–Kier alpha value is -1.83. The largest absolute Gasteiger partial charge is 0.497 e. The summed E-state index contributed by atoms with van der Waals surface area (Å²) in [4.78, 5) is 17.4. The second-order valence-electron chi connectivity index (χ2n) is 4.84. The Balaban J connectivity index is 2.46. The highest BCUT2D eigenvalue weighted by Gasteiger charge is 2.16. The van der Waals surface area contributed by atoms with Gasteiger partial charge in [-0.1, -0.05) is 11.3 Å². The Morgan fingerprint density at radius 3 is 2.73 bits per heavy atom. The number of rotatable bonds is 7. The van der Waals surface area contributed by atoms with E-state index in [0.29, 0.717) is 24.6 Å². The van der Waals surface area contributed by atoms with E-state index in [9.17, 15) is 4.79 Å². The van der Waals surface area contributed by atoms with Crippen LogP contribution in [-0.4, -0.2) is 49.4 Å². The van der Waals surface area contributed by atoms with Crippen molar-refractivity contribution in [3.63, 3.8) is 0 Å². The van der Waals surface area contributed by atoms with Crippen molar-refractivity contribution in [1.82, 2.24) is 9.88 Å². The van der Waals surface area contributed by atoms with Crippen molar-refractivity contribution >= 4 is 11.3 Å². The van der Waals surface area contributed by atoms with Gasteiger partial charge in [-0.05, 0) is 25.2 Å². The molecular weight excluding hydrogens is 304 g/mol. The summed E-state index contributed by atoms with van der Waals surface area (Å²) in [6, 6.07) is 5.46. The highest BCUT2D eigenvalue weighted by Crippen LogP contribution is 2.35. The molecule has 0 aliphatic heterocycles. The molecule has 0 atom stereocenters.